The first-order chi connectivity index (χ1) is 13.1. The van der Waals surface area contributed by atoms with Crippen molar-refractivity contribution < 1.29 is 23.5 Å². The van der Waals surface area contributed by atoms with Crippen LogP contribution in [0.2, 0.25) is 0 Å². The molecule has 0 aliphatic rings. The number of nitrogens with one attached hydrogen (secondary N) is 2. The lowest BCUT2D eigenvalue weighted by Crippen LogP contribution is -2.34. The van der Waals surface area contributed by atoms with Crippen LogP contribution in [0.25, 0.3) is 11.0 Å². The molecular weight excluding hydrogens is 348 g/mol. The number of carbonyl (C=O) groups excluding carboxylic acids is 2. The maximum atomic E-state index is 12.0. The van der Waals surface area contributed by atoms with Gasteiger partial charge < -0.3 is 24.5 Å². The average Bonchev–Trinajstić information content (AvgIpc) is 3.13. The number of para-hydroxylation sites is 1. The van der Waals surface area contributed by atoms with Crippen molar-refractivity contribution in [2.24, 2.45) is 0 Å². The van der Waals surface area contributed by atoms with E-state index in [9.17, 15) is 9.59 Å². The van der Waals surface area contributed by atoms with Gasteiger partial charge in [0.25, 0.3) is 0 Å². The van der Waals surface area contributed by atoms with Crippen molar-refractivity contribution in [1.82, 2.24) is 10.6 Å². The van der Waals surface area contributed by atoms with Gasteiger partial charge in [-0.15, -0.1) is 0 Å². The van der Waals surface area contributed by atoms with E-state index in [0.717, 1.165) is 16.5 Å². The van der Waals surface area contributed by atoms with Crippen LogP contribution < -0.4 is 15.4 Å². The summed E-state index contributed by atoms with van der Waals surface area (Å²) in [7, 11) is 2.78. The van der Waals surface area contributed by atoms with Crippen molar-refractivity contribution in [3.05, 3.63) is 65.4 Å². The van der Waals surface area contributed by atoms with Gasteiger partial charge in [0.15, 0.2) is 0 Å². The molecule has 0 saturated carbocycles. The highest BCUT2D eigenvalue weighted by molar-refractivity contribution is 5.92. The molecule has 7 nitrogen and oxygen atoms in total. The monoisotopic (exact) mass is 368 g/mol. The highest BCUT2D eigenvalue weighted by Gasteiger charge is 2.14. The molecule has 3 rings (SSSR count). The number of amides is 2. The summed E-state index contributed by atoms with van der Waals surface area (Å²) in [6, 6.07) is 14.3. The molecule has 7 heteroatoms. The summed E-state index contributed by atoms with van der Waals surface area (Å²) in [4.78, 5) is 23.8. The number of benzene rings is 2. The molecule has 0 spiro atoms. The van der Waals surface area contributed by atoms with Gasteiger partial charge in [0.05, 0.1) is 20.8 Å². The quantitative estimate of drug-likeness (QED) is 0.652. The Kier molecular flexibility index (Phi) is 5.61. The molecule has 0 atom stereocenters. The van der Waals surface area contributed by atoms with Crippen molar-refractivity contribution in [3.63, 3.8) is 0 Å². The van der Waals surface area contributed by atoms with E-state index < -0.39 is 5.97 Å². The first kappa shape index (κ1) is 18.3. The van der Waals surface area contributed by atoms with Crippen molar-refractivity contribution in [3.8, 4) is 5.75 Å². The number of urea groups is 1. The Morgan fingerprint density at radius 2 is 1.78 bits per heavy atom. The smallest absolute Gasteiger partial charge is 0.341 e. The summed E-state index contributed by atoms with van der Waals surface area (Å²) in [5, 5.41) is 6.47. The van der Waals surface area contributed by atoms with Crippen molar-refractivity contribution >= 4 is 23.0 Å². The Hall–Kier alpha value is -3.48. The third kappa shape index (κ3) is 4.38. The van der Waals surface area contributed by atoms with Crippen molar-refractivity contribution in [2.75, 3.05) is 14.2 Å². The van der Waals surface area contributed by atoms with Crippen LogP contribution in [-0.2, 0) is 17.8 Å². The zero-order valence-corrected chi connectivity index (χ0v) is 15.1. The summed E-state index contributed by atoms with van der Waals surface area (Å²) in [5.41, 5.74) is 1.83. The molecule has 0 saturated heterocycles. The molecule has 0 bridgehead atoms. The number of furan rings is 1. The van der Waals surface area contributed by atoms with Gasteiger partial charge in [-0.2, -0.15) is 0 Å². The zero-order chi connectivity index (χ0) is 19.2. The highest BCUT2D eigenvalue weighted by Crippen LogP contribution is 2.21. The van der Waals surface area contributed by atoms with Crippen LogP contribution in [0.3, 0.4) is 0 Å². The first-order valence-corrected chi connectivity index (χ1v) is 8.35. The Bertz CT molecular complexity index is 931. The van der Waals surface area contributed by atoms with E-state index in [1.54, 1.807) is 18.2 Å². The average molecular weight is 368 g/mol. The molecule has 0 fully saturated rings. The third-order valence-electron chi connectivity index (χ3n) is 4.02. The number of esters is 1. The van der Waals surface area contributed by atoms with E-state index in [-0.39, 0.29) is 19.1 Å². The Morgan fingerprint density at radius 3 is 2.52 bits per heavy atom. The normalized spacial score (nSPS) is 10.4. The van der Waals surface area contributed by atoms with Crippen LogP contribution in [-0.4, -0.2) is 26.2 Å². The summed E-state index contributed by atoms with van der Waals surface area (Å²) in [6.07, 6.45) is 0. The Morgan fingerprint density at radius 1 is 1.00 bits per heavy atom. The van der Waals surface area contributed by atoms with Crippen LogP contribution in [0.15, 0.2) is 52.9 Å². The molecule has 140 valence electrons. The second kappa shape index (κ2) is 8.27. The number of ether oxygens (including phenoxy) is 2. The largest absolute Gasteiger partial charge is 0.496 e. The molecule has 0 radical (unpaired) electrons. The Labute approximate surface area is 156 Å². The number of fused-ring (bicyclic) bond motifs is 1. The molecule has 1 aromatic heterocycles. The van der Waals surface area contributed by atoms with Gasteiger partial charge in [-0.25, -0.2) is 9.59 Å². The molecule has 2 aromatic carbocycles. The SMILES string of the molecule is COC(=O)c1cc(CNC(=O)NCc2cc3ccccc3o2)ccc1OC. The van der Waals surface area contributed by atoms with E-state index in [4.69, 9.17) is 13.9 Å². The van der Waals surface area contributed by atoms with Crippen molar-refractivity contribution in [1.29, 1.82) is 0 Å². The lowest BCUT2D eigenvalue weighted by molar-refractivity contribution is 0.0597. The molecule has 0 unspecified atom stereocenters. The molecular formula is C20H20N2O5. The van der Waals surface area contributed by atoms with Crippen LogP contribution in [0.4, 0.5) is 4.79 Å². The molecule has 0 aliphatic carbocycles. The first-order valence-electron chi connectivity index (χ1n) is 8.35. The Balaban J connectivity index is 1.56. The van der Waals surface area contributed by atoms with Gasteiger partial charge in [-0.05, 0) is 29.8 Å². The summed E-state index contributed by atoms with van der Waals surface area (Å²) in [6.45, 7) is 0.524. The van der Waals surface area contributed by atoms with Gasteiger partial charge in [0.2, 0.25) is 0 Å². The second-order valence-corrected chi connectivity index (χ2v) is 5.81. The van der Waals surface area contributed by atoms with Gasteiger partial charge in [-0.3, -0.25) is 0 Å². The topological polar surface area (TPSA) is 89.8 Å². The lowest BCUT2D eigenvalue weighted by atomic mass is 10.1. The fourth-order valence-electron chi connectivity index (χ4n) is 2.67. The number of hydrogen-bond donors (Lipinski definition) is 2. The molecule has 2 N–H and O–H groups in total. The minimum atomic E-state index is -0.497. The van der Waals surface area contributed by atoms with E-state index in [1.807, 2.05) is 30.3 Å². The van der Waals surface area contributed by atoms with Crippen LogP contribution in [0, 0.1) is 0 Å². The van der Waals surface area contributed by atoms with E-state index in [1.165, 1.54) is 14.2 Å². The minimum Gasteiger partial charge on any atom is -0.496 e. The van der Waals surface area contributed by atoms with E-state index in [2.05, 4.69) is 10.6 Å². The van der Waals surface area contributed by atoms with E-state index >= 15 is 0 Å². The highest BCUT2D eigenvalue weighted by atomic mass is 16.5. The number of rotatable bonds is 6. The molecule has 2 amide bonds. The summed E-state index contributed by atoms with van der Waals surface area (Å²) >= 11 is 0. The van der Waals surface area contributed by atoms with Gasteiger partial charge >= 0.3 is 12.0 Å². The van der Waals surface area contributed by atoms with Gasteiger partial charge in [-0.1, -0.05) is 24.3 Å². The molecule has 27 heavy (non-hydrogen) atoms. The summed E-state index contributed by atoms with van der Waals surface area (Å²) < 4.78 is 15.5. The summed E-state index contributed by atoms with van der Waals surface area (Å²) in [5.74, 6) is 0.590. The van der Waals surface area contributed by atoms with E-state index in [0.29, 0.717) is 17.1 Å². The van der Waals surface area contributed by atoms with Gasteiger partial charge in [0, 0.05) is 11.9 Å². The van der Waals surface area contributed by atoms with Crippen LogP contribution in [0.5, 0.6) is 5.75 Å². The third-order valence-corrected chi connectivity index (χ3v) is 4.02. The lowest BCUT2D eigenvalue weighted by Gasteiger charge is -2.10. The van der Waals surface area contributed by atoms with Crippen molar-refractivity contribution in [2.45, 2.75) is 13.1 Å². The second-order valence-electron chi connectivity index (χ2n) is 5.81. The predicted molar refractivity (Wildman–Crippen MR) is 99.6 cm³/mol. The molecule has 1 heterocycles. The maximum Gasteiger partial charge on any atom is 0.341 e. The fraction of sp³-hybridized carbons (Fsp3) is 0.200. The molecule has 0 aliphatic heterocycles. The molecule has 3 aromatic rings. The number of methoxy groups -OCH3 is 2. The number of hydrogen-bond acceptors (Lipinski definition) is 5. The maximum absolute atomic E-state index is 12.0. The van der Waals surface area contributed by atoms with Crippen LogP contribution in [0.1, 0.15) is 21.7 Å². The predicted octanol–water partition coefficient (Wildman–Crippen LogP) is 3.23. The minimum absolute atomic E-state index is 0.250. The zero-order valence-electron chi connectivity index (χ0n) is 15.1. The van der Waals surface area contributed by atoms with Gasteiger partial charge in [0.1, 0.15) is 22.7 Å². The standard InChI is InChI=1S/C20H20N2O5/c1-25-18-8-7-13(9-16(18)19(23)26-2)11-21-20(24)22-12-15-10-14-5-3-4-6-17(14)27-15/h3-10H,11-12H2,1-2H3,(H2,21,22,24). The fourth-order valence-corrected chi connectivity index (χ4v) is 2.67. The van der Waals surface area contributed by atoms with Crippen LogP contribution >= 0.6 is 0 Å². The number of carbonyl (C=O) groups is 2.